The molecule has 3 aromatic rings. The van der Waals surface area contributed by atoms with Crippen molar-refractivity contribution in [1.82, 2.24) is 15.5 Å². The average molecular weight is 392 g/mol. The van der Waals surface area contributed by atoms with Gasteiger partial charge in [0.1, 0.15) is 5.75 Å². The van der Waals surface area contributed by atoms with Crippen LogP contribution < -0.4 is 10.1 Å². The standard InChI is InChI=1S/C22H18ClN3O2/c23-19-8-6-15(7-9-19)17-11-18(14-24-21(27)13-17)16-3-1-4-20(12-16)28-22-5-2-10-25-26-22/h1-12,18H,13-14H2,(H,24,27)/t18-/m1/s1. The number of hydrogen-bond donors (Lipinski definition) is 1. The Labute approximate surface area is 168 Å². The van der Waals surface area contributed by atoms with E-state index in [1.807, 2.05) is 48.5 Å². The number of ether oxygens (including phenoxy) is 1. The van der Waals surface area contributed by atoms with Gasteiger partial charge in [0.25, 0.3) is 0 Å². The molecule has 1 N–H and O–H groups in total. The smallest absolute Gasteiger partial charge is 0.238 e. The molecule has 0 aliphatic carbocycles. The minimum Gasteiger partial charge on any atom is -0.438 e. The van der Waals surface area contributed by atoms with Crippen LogP contribution in [0.5, 0.6) is 11.6 Å². The SMILES string of the molecule is O=C1CC(c2ccc(Cl)cc2)=C[C@@H](c2cccc(Oc3cccnn3)c2)CN1. The minimum absolute atomic E-state index is 0.00987. The van der Waals surface area contributed by atoms with Crippen LogP contribution in [-0.4, -0.2) is 22.6 Å². The van der Waals surface area contributed by atoms with Crippen molar-refractivity contribution in [2.24, 2.45) is 0 Å². The summed E-state index contributed by atoms with van der Waals surface area (Å²) in [4.78, 5) is 12.2. The Balaban J connectivity index is 1.63. The van der Waals surface area contributed by atoms with Crippen LogP contribution in [0.3, 0.4) is 0 Å². The topological polar surface area (TPSA) is 64.1 Å². The van der Waals surface area contributed by atoms with Crippen molar-refractivity contribution < 1.29 is 9.53 Å². The van der Waals surface area contributed by atoms with Gasteiger partial charge in [-0.3, -0.25) is 4.79 Å². The molecule has 0 saturated heterocycles. The van der Waals surface area contributed by atoms with Crippen LogP contribution in [0.1, 0.15) is 23.5 Å². The summed E-state index contributed by atoms with van der Waals surface area (Å²) in [7, 11) is 0. The van der Waals surface area contributed by atoms with E-state index in [1.165, 1.54) is 0 Å². The van der Waals surface area contributed by atoms with Crippen LogP contribution in [-0.2, 0) is 4.79 Å². The van der Waals surface area contributed by atoms with Crippen molar-refractivity contribution in [3.05, 3.63) is 89.1 Å². The Morgan fingerprint density at radius 2 is 1.93 bits per heavy atom. The van der Waals surface area contributed by atoms with Crippen molar-refractivity contribution in [3.8, 4) is 11.6 Å². The van der Waals surface area contributed by atoms with Gasteiger partial charge in [-0.25, -0.2) is 0 Å². The predicted octanol–water partition coefficient (Wildman–Crippen LogP) is 4.61. The van der Waals surface area contributed by atoms with Gasteiger partial charge in [-0.05, 0) is 47.0 Å². The van der Waals surface area contributed by atoms with Gasteiger partial charge in [-0.1, -0.05) is 41.9 Å². The number of hydrogen-bond acceptors (Lipinski definition) is 4. The van der Waals surface area contributed by atoms with Gasteiger partial charge in [0.2, 0.25) is 11.8 Å². The largest absolute Gasteiger partial charge is 0.438 e. The normalized spacial score (nSPS) is 16.7. The Bertz CT molecular complexity index is 1000. The molecule has 2 heterocycles. The number of halogens is 1. The molecule has 1 aliphatic heterocycles. The predicted molar refractivity (Wildman–Crippen MR) is 108 cm³/mol. The van der Waals surface area contributed by atoms with Crippen LogP contribution >= 0.6 is 11.6 Å². The number of aromatic nitrogens is 2. The van der Waals surface area contributed by atoms with Crippen molar-refractivity contribution in [3.63, 3.8) is 0 Å². The molecule has 28 heavy (non-hydrogen) atoms. The van der Waals surface area contributed by atoms with Crippen molar-refractivity contribution in [2.75, 3.05) is 6.54 Å². The maximum absolute atomic E-state index is 12.2. The first kappa shape index (κ1) is 18.2. The van der Waals surface area contributed by atoms with Crippen LogP contribution in [0.25, 0.3) is 5.57 Å². The lowest BCUT2D eigenvalue weighted by atomic mass is 9.93. The van der Waals surface area contributed by atoms with Gasteiger partial charge in [-0.15, -0.1) is 5.10 Å². The van der Waals surface area contributed by atoms with E-state index in [-0.39, 0.29) is 11.8 Å². The maximum Gasteiger partial charge on any atom is 0.238 e. The Kier molecular flexibility index (Phi) is 5.35. The third-order valence-corrected chi connectivity index (χ3v) is 4.80. The second-order valence-corrected chi connectivity index (χ2v) is 6.96. The van der Waals surface area contributed by atoms with E-state index in [4.69, 9.17) is 16.3 Å². The first-order valence-corrected chi connectivity index (χ1v) is 9.34. The maximum atomic E-state index is 12.2. The highest BCUT2D eigenvalue weighted by Gasteiger charge is 2.19. The molecule has 0 unspecified atom stereocenters. The van der Waals surface area contributed by atoms with Crippen LogP contribution in [0.15, 0.2) is 72.9 Å². The summed E-state index contributed by atoms with van der Waals surface area (Å²) in [6.45, 7) is 0.532. The number of carbonyl (C=O) groups excluding carboxylic acids is 1. The highest BCUT2D eigenvalue weighted by Crippen LogP contribution is 2.30. The zero-order chi connectivity index (χ0) is 19.3. The first-order chi connectivity index (χ1) is 13.7. The second-order valence-electron chi connectivity index (χ2n) is 6.52. The highest BCUT2D eigenvalue weighted by atomic mass is 35.5. The molecule has 1 atom stereocenters. The number of amides is 1. The van der Waals surface area contributed by atoms with E-state index >= 15 is 0 Å². The van der Waals surface area contributed by atoms with Gasteiger partial charge in [-0.2, -0.15) is 5.10 Å². The molecular formula is C22H18ClN3O2. The van der Waals surface area contributed by atoms with Gasteiger partial charge in [0.15, 0.2) is 0 Å². The quantitative estimate of drug-likeness (QED) is 0.705. The fourth-order valence-electron chi connectivity index (χ4n) is 3.17. The molecule has 0 saturated carbocycles. The van der Waals surface area contributed by atoms with Gasteiger partial charge >= 0.3 is 0 Å². The monoisotopic (exact) mass is 391 g/mol. The van der Waals surface area contributed by atoms with E-state index in [1.54, 1.807) is 18.3 Å². The fourth-order valence-corrected chi connectivity index (χ4v) is 3.29. The zero-order valence-electron chi connectivity index (χ0n) is 15.0. The Morgan fingerprint density at radius 1 is 1.07 bits per heavy atom. The lowest BCUT2D eigenvalue weighted by Gasteiger charge is -2.14. The van der Waals surface area contributed by atoms with Crippen LogP contribution in [0, 0.1) is 0 Å². The molecule has 4 rings (SSSR count). The molecule has 0 spiro atoms. The third-order valence-electron chi connectivity index (χ3n) is 4.54. The second kappa shape index (κ2) is 8.23. The van der Waals surface area contributed by atoms with Crippen molar-refractivity contribution in [1.29, 1.82) is 0 Å². The molecule has 6 heteroatoms. The van der Waals surface area contributed by atoms with E-state index < -0.39 is 0 Å². The molecule has 140 valence electrons. The van der Waals surface area contributed by atoms with E-state index in [0.29, 0.717) is 29.6 Å². The highest BCUT2D eigenvalue weighted by molar-refractivity contribution is 6.30. The molecule has 5 nitrogen and oxygen atoms in total. The molecule has 1 aliphatic rings. The minimum atomic E-state index is 0.00987. The molecule has 0 bridgehead atoms. The first-order valence-electron chi connectivity index (χ1n) is 8.96. The Morgan fingerprint density at radius 3 is 2.71 bits per heavy atom. The van der Waals surface area contributed by atoms with Gasteiger partial charge < -0.3 is 10.1 Å². The van der Waals surface area contributed by atoms with Crippen molar-refractivity contribution >= 4 is 23.1 Å². The van der Waals surface area contributed by atoms with Gasteiger partial charge in [0.05, 0.1) is 6.42 Å². The van der Waals surface area contributed by atoms with Crippen LogP contribution in [0.4, 0.5) is 0 Å². The fraction of sp³-hybridized carbons (Fsp3) is 0.136. The number of rotatable bonds is 4. The summed E-state index contributed by atoms with van der Waals surface area (Å²) < 4.78 is 5.79. The van der Waals surface area contributed by atoms with Crippen molar-refractivity contribution in [2.45, 2.75) is 12.3 Å². The Hall–Kier alpha value is -3.18. The van der Waals surface area contributed by atoms with Gasteiger partial charge in [0, 0.05) is 29.7 Å². The molecule has 1 aromatic heterocycles. The number of nitrogens with zero attached hydrogens (tertiary/aromatic N) is 2. The summed E-state index contributed by atoms with van der Waals surface area (Å²) >= 11 is 6.00. The van der Waals surface area contributed by atoms with E-state index in [2.05, 4.69) is 21.6 Å². The molecule has 2 aromatic carbocycles. The molecule has 0 radical (unpaired) electrons. The third kappa shape index (κ3) is 4.38. The number of nitrogens with one attached hydrogen (secondary N) is 1. The molecule has 1 amide bonds. The summed E-state index contributed by atoms with van der Waals surface area (Å²) in [5, 5.41) is 11.4. The lowest BCUT2D eigenvalue weighted by Crippen LogP contribution is -2.25. The number of benzene rings is 2. The van der Waals surface area contributed by atoms with Crippen LogP contribution in [0.2, 0.25) is 5.02 Å². The lowest BCUT2D eigenvalue weighted by molar-refractivity contribution is -0.119. The molecular weight excluding hydrogens is 374 g/mol. The zero-order valence-corrected chi connectivity index (χ0v) is 15.8. The van der Waals surface area contributed by atoms with E-state index in [9.17, 15) is 4.79 Å². The molecule has 0 fully saturated rings. The number of carbonyl (C=O) groups is 1. The summed E-state index contributed by atoms with van der Waals surface area (Å²) in [5.41, 5.74) is 3.03. The average Bonchev–Trinajstić information content (AvgIpc) is 2.91. The summed E-state index contributed by atoms with van der Waals surface area (Å²) in [6, 6.07) is 18.9. The summed E-state index contributed by atoms with van der Waals surface area (Å²) in [5.74, 6) is 1.15. The summed E-state index contributed by atoms with van der Waals surface area (Å²) in [6.07, 6.45) is 4.08. The van der Waals surface area contributed by atoms with E-state index in [0.717, 1.165) is 16.7 Å².